The molecular formula is C28H45N3O3. The van der Waals surface area contributed by atoms with Gasteiger partial charge in [0.25, 0.3) is 5.91 Å². The van der Waals surface area contributed by atoms with Crippen LogP contribution in [0.2, 0.25) is 0 Å². The van der Waals surface area contributed by atoms with Crippen molar-refractivity contribution in [2.45, 2.75) is 77.3 Å². The van der Waals surface area contributed by atoms with Crippen LogP contribution < -0.4 is 10.5 Å². The minimum Gasteiger partial charge on any atom is -0.483 e. The number of ether oxygens (including phenoxy) is 2. The van der Waals surface area contributed by atoms with Gasteiger partial charge in [0.15, 0.2) is 6.61 Å². The lowest BCUT2D eigenvalue weighted by molar-refractivity contribution is -0.119. The van der Waals surface area contributed by atoms with Crippen LogP contribution in [0.3, 0.4) is 0 Å². The lowest BCUT2D eigenvalue weighted by Crippen LogP contribution is -2.51. The molecule has 0 radical (unpaired) electrons. The Bertz CT molecular complexity index is 816. The molecule has 1 amide bonds. The number of likely N-dealkylation sites (tertiary alicyclic amines) is 2. The number of nitrogens with two attached hydrogens (primary N) is 1. The number of piperidine rings is 1. The number of fused-ring (bicyclic) bond motifs is 1. The number of carbonyl (C=O) groups is 1. The van der Waals surface area contributed by atoms with Crippen LogP contribution in [0.25, 0.3) is 0 Å². The highest BCUT2D eigenvalue weighted by Crippen LogP contribution is 2.34. The van der Waals surface area contributed by atoms with Crippen molar-refractivity contribution < 1.29 is 14.3 Å². The van der Waals surface area contributed by atoms with Gasteiger partial charge in [0.1, 0.15) is 5.75 Å². The van der Waals surface area contributed by atoms with Gasteiger partial charge in [-0.25, -0.2) is 0 Å². The smallest absolute Gasteiger partial charge is 0.255 e. The van der Waals surface area contributed by atoms with E-state index in [2.05, 4.69) is 48.8 Å². The van der Waals surface area contributed by atoms with Crippen LogP contribution in [0.15, 0.2) is 18.2 Å². The molecule has 0 aromatic heterocycles. The Kier molecular flexibility index (Phi) is 8.54. The maximum atomic E-state index is 11.4. The molecule has 3 aliphatic heterocycles. The summed E-state index contributed by atoms with van der Waals surface area (Å²) in [4.78, 5) is 16.8. The number of hydrogen-bond acceptors (Lipinski definition) is 5. The van der Waals surface area contributed by atoms with Gasteiger partial charge in [-0.3, -0.25) is 14.6 Å². The summed E-state index contributed by atoms with van der Waals surface area (Å²) < 4.78 is 11.5. The normalized spacial score (nSPS) is 25.5. The number of nitrogens with zero attached hydrogens (tertiary/aromatic N) is 2. The zero-order chi connectivity index (χ0) is 24.1. The Balaban J connectivity index is 1.42. The Morgan fingerprint density at radius 2 is 1.91 bits per heavy atom. The fraction of sp³-hybridized carbons (Fsp3) is 0.750. The van der Waals surface area contributed by atoms with Crippen LogP contribution in [0.5, 0.6) is 5.75 Å². The van der Waals surface area contributed by atoms with Crippen molar-refractivity contribution in [2.24, 2.45) is 17.6 Å². The van der Waals surface area contributed by atoms with Gasteiger partial charge in [-0.05, 0) is 74.1 Å². The number of rotatable bonds is 7. The van der Waals surface area contributed by atoms with Crippen molar-refractivity contribution in [3.63, 3.8) is 0 Å². The molecule has 34 heavy (non-hydrogen) atoms. The quantitative estimate of drug-likeness (QED) is 0.652. The average molecular weight is 472 g/mol. The molecule has 6 heteroatoms. The van der Waals surface area contributed by atoms with E-state index in [1.807, 2.05) is 0 Å². The van der Waals surface area contributed by atoms with Gasteiger partial charge >= 0.3 is 0 Å². The highest BCUT2D eigenvalue weighted by Gasteiger charge is 2.35. The first-order valence-corrected chi connectivity index (χ1v) is 13.4. The highest BCUT2D eigenvalue weighted by molar-refractivity contribution is 5.75. The van der Waals surface area contributed by atoms with Gasteiger partial charge in [-0.1, -0.05) is 39.3 Å². The predicted molar refractivity (Wildman–Crippen MR) is 136 cm³/mol. The van der Waals surface area contributed by atoms with Gasteiger partial charge in [0.2, 0.25) is 0 Å². The van der Waals surface area contributed by atoms with Crippen molar-refractivity contribution in [2.75, 3.05) is 46.0 Å². The number of carbonyl (C=O) groups excluding carboxylic acids is 1. The van der Waals surface area contributed by atoms with Crippen LogP contribution >= 0.6 is 0 Å². The largest absolute Gasteiger partial charge is 0.483 e. The lowest BCUT2D eigenvalue weighted by Gasteiger charge is -2.44. The van der Waals surface area contributed by atoms with Crippen molar-refractivity contribution >= 4 is 5.91 Å². The molecule has 0 saturated carbocycles. The van der Waals surface area contributed by atoms with Crippen molar-refractivity contribution in [3.8, 4) is 5.75 Å². The summed E-state index contributed by atoms with van der Waals surface area (Å²) in [7, 11) is 0. The maximum absolute atomic E-state index is 11.4. The second-order valence-electron chi connectivity index (χ2n) is 11.7. The summed E-state index contributed by atoms with van der Waals surface area (Å²) in [5, 5.41) is 0. The topological polar surface area (TPSA) is 68.0 Å². The summed E-state index contributed by atoms with van der Waals surface area (Å²) >= 11 is 0. The molecule has 0 bridgehead atoms. The summed E-state index contributed by atoms with van der Waals surface area (Å²) in [5.41, 5.74) is 7.77. The fourth-order valence-electron chi connectivity index (χ4n) is 6.05. The van der Waals surface area contributed by atoms with Crippen LogP contribution in [-0.2, 0) is 21.5 Å². The first kappa shape index (κ1) is 25.5. The molecule has 3 aliphatic rings. The molecular weight excluding hydrogens is 426 g/mol. The highest BCUT2D eigenvalue weighted by atomic mass is 16.5. The van der Waals surface area contributed by atoms with Crippen LogP contribution in [0.1, 0.15) is 70.4 Å². The van der Waals surface area contributed by atoms with E-state index in [0.717, 1.165) is 62.0 Å². The molecule has 190 valence electrons. The van der Waals surface area contributed by atoms with Crippen LogP contribution in [0, 0.1) is 11.8 Å². The monoisotopic (exact) mass is 471 g/mol. The minimum absolute atomic E-state index is 0.0238. The van der Waals surface area contributed by atoms with E-state index < -0.39 is 5.91 Å². The van der Waals surface area contributed by atoms with Crippen LogP contribution in [0.4, 0.5) is 0 Å². The molecule has 0 unspecified atom stereocenters. The number of amides is 1. The first-order chi connectivity index (χ1) is 16.3. The molecule has 3 saturated heterocycles. The van der Waals surface area contributed by atoms with Gasteiger partial charge in [0.05, 0.1) is 0 Å². The molecule has 1 aromatic carbocycles. The van der Waals surface area contributed by atoms with Crippen LogP contribution in [-0.4, -0.2) is 67.7 Å². The van der Waals surface area contributed by atoms with E-state index in [4.69, 9.17) is 15.2 Å². The zero-order valence-corrected chi connectivity index (χ0v) is 21.6. The third kappa shape index (κ3) is 6.73. The first-order valence-electron chi connectivity index (χ1n) is 13.4. The van der Waals surface area contributed by atoms with E-state index in [9.17, 15) is 4.79 Å². The Morgan fingerprint density at radius 1 is 1.12 bits per heavy atom. The summed E-state index contributed by atoms with van der Waals surface area (Å²) in [6.45, 7) is 14.0. The summed E-state index contributed by atoms with van der Waals surface area (Å²) in [6, 6.07) is 7.22. The van der Waals surface area contributed by atoms with Gasteiger partial charge < -0.3 is 15.2 Å². The average Bonchev–Trinajstić information content (AvgIpc) is 3.00. The second-order valence-corrected chi connectivity index (χ2v) is 11.7. The standard InChI is InChI=1S/C28H45N3O3/c1-28(2,3)24-8-7-23(26(16-24)34-20-27(29)32)19-30-13-9-25-22(18-30)6-4-5-12-31(25)17-21-10-14-33-15-11-21/h7-8,16,21-22,25H,4-6,9-15,17-20H2,1-3H3,(H2,29,32)/t22-,25+/m0/s1. The SMILES string of the molecule is CC(C)(C)c1ccc(CN2CC[C@@H]3[C@@H](CCCCN3CC3CCOCC3)C2)c(OCC(N)=O)c1. The summed E-state index contributed by atoms with van der Waals surface area (Å²) in [6.07, 6.45) is 7.68. The fourth-order valence-corrected chi connectivity index (χ4v) is 6.05. The molecule has 1 aromatic rings. The van der Waals surface area contributed by atoms with Gasteiger partial charge in [0, 0.05) is 44.5 Å². The number of hydrogen-bond donors (Lipinski definition) is 1. The lowest BCUT2D eigenvalue weighted by atomic mass is 9.85. The third-order valence-corrected chi connectivity index (χ3v) is 8.05. The van der Waals surface area contributed by atoms with Crippen molar-refractivity contribution in [3.05, 3.63) is 29.3 Å². The third-order valence-electron chi connectivity index (χ3n) is 8.05. The van der Waals surface area contributed by atoms with E-state index in [0.29, 0.717) is 0 Å². The second kappa shape index (κ2) is 11.4. The Labute approximate surface area is 206 Å². The van der Waals surface area contributed by atoms with E-state index >= 15 is 0 Å². The molecule has 0 aliphatic carbocycles. The molecule has 2 N–H and O–H groups in total. The maximum Gasteiger partial charge on any atom is 0.255 e. The molecule has 3 fully saturated rings. The Hall–Kier alpha value is -1.63. The molecule has 0 spiro atoms. The van der Waals surface area contributed by atoms with E-state index in [-0.39, 0.29) is 12.0 Å². The molecule has 3 heterocycles. The minimum atomic E-state index is -0.434. The number of primary amides is 1. The van der Waals surface area contributed by atoms with Gasteiger partial charge in [-0.2, -0.15) is 0 Å². The predicted octanol–water partition coefficient (Wildman–Crippen LogP) is 3.95. The number of benzene rings is 1. The van der Waals surface area contributed by atoms with Crippen molar-refractivity contribution in [1.82, 2.24) is 9.80 Å². The Morgan fingerprint density at radius 3 is 2.65 bits per heavy atom. The summed E-state index contributed by atoms with van der Waals surface area (Å²) in [5.74, 6) is 1.91. The molecule has 2 atom stereocenters. The molecule has 6 nitrogen and oxygen atoms in total. The molecule has 4 rings (SSSR count). The zero-order valence-electron chi connectivity index (χ0n) is 21.6. The van der Waals surface area contributed by atoms with Crippen molar-refractivity contribution in [1.29, 1.82) is 0 Å². The van der Waals surface area contributed by atoms with Gasteiger partial charge in [-0.15, -0.1) is 0 Å². The van der Waals surface area contributed by atoms with E-state index in [1.165, 1.54) is 57.2 Å². The van der Waals surface area contributed by atoms with E-state index in [1.54, 1.807) is 0 Å².